The van der Waals surface area contributed by atoms with Crippen molar-refractivity contribution in [2.45, 2.75) is 66.6 Å². The summed E-state index contributed by atoms with van der Waals surface area (Å²) in [6, 6.07) is 20.0. The van der Waals surface area contributed by atoms with Crippen molar-refractivity contribution in [1.29, 1.82) is 0 Å². The number of aromatic nitrogens is 4. The van der Waals surface area contributed by atoms with Gasteiger partial charge in [0.15, 0.2) is 0 Å². The van der Waals surface area contributed by atoms with Gasteiger partial charge in [-0.15, -0.1) is 0 Å². The molecule has 3 N–H and O–H groups in total. The van der Waals surface area contributed by atoms with E-state index in [0.717, 1.165) is 55.8 Å². The molecule has 0 aliphatic carbocycles. The van der Waals surface area contributed by atoms with Crippen LogP contribution in [0.3, 0.4) is 0 Å². The monoisotopic (exact) mass is 753 g/mol. The number of H-pyrrole nitrogens is 2. The van der Waals surface area contributed by atoms with Gasteiger partial charge >= 0.3 is 6.09 Å². The topological polar surface area (TPSA) is 136 Å². The molecule has 0 unspecified atom stereocenters. The highest BCUT2D eigenvalue weighted by molar-refractivity contribution is 5.91. The molecular formula is C45H51N7O4. The third-order valence-electron chi connectivity index (χ3n) is 11.2. The van der Waals surface area contributed by atoms with E-state index in [1.165, 1.54) is 12.7 Å². The van der Waals surface area contributed by atoms with Crippen molar-refractivity contribution in [2.75, 3.05) is 20.2 Å². The number of methoxy groups -OCH3 is 1. The van der Waals surface area contributed by atoms with Gasteiger partial charge in [-0.05, 0) is 65.3 Å². The van der Waals surface area contributed by atoms with E-state index < -0.39 is 12.1 Å². The number of benzene rings is 3. The lowest BCUT2D eigenvalue weighted by Gasteiger charge is -2.30. The molecule has 0 radical (unpaired) electrons. The molecule has 56 heavy (non-hydrogen) atoms. The van der Waals surface area contributed by atoms with E-state index in [1.807, 2.05) is 44.9 Å². The Morgan fingerprint density at radius 2 is 1.16 bits per heavy atom. The molecular weight excluding hydrogens is 703 g/mol. The molecule has 11 nitrogen and oxygen atoms in total. The van der Waals surface area contributed by atoms with Crippen molar-refractivity contribution in [3.8, 4) is 33.6 Å². The Labute approximate surface area is 328 Å². The average Bonchev–Trinajstić information content (AvgIpc) is 4.02. The lowest BCUT2D eigenvalue weighted by atomic mass is 9.96. The predicted octanol–water partition coefficient (Wildman–Crippen LogP) is 8.62. The van der Waals surface area contributed by atoms with Gasteiger partial charge in [0.05, 0.1) is 30.9 Å². The van der Waals surface area contributed by atoms with Gasteiger partial charge in [-0.25, -0.2) is 14.8 Å². The summed E-state index contributed by atoms with van der Waals surface area (Å²) in [4.78, 5) is 59.0. The summed E-state index contributed by atoms with van der Waals surface area (Å²) in [7, 11) is 1.29. The number of alkyl carbamates (subject to hydrolysis) is 1. The van der Waals surface area contributed by atoms with Crippen molar-refractivity contribution in [3.63, 3.8) is 0 Å². The van der Waals surface area contributed by atoms with Gasteiger partial charge in [-0.2, -0.15) is 0 Å². The van der Waals surface area contributed by atoms with Crippen molar-refractivity contribution in [2.24, 2.45) is 17.8 Å². The highest BCUT2D eigenvalue weighted by Crippen LogP contribution is 2.35. The van der Waals surface area contributed by atoms with Crippen LogP contribution >= 0.6 is 0 Å². The first-order chi connectivity index (χ1) is 26.8. The van der Waals surface area contributed by atoms with Crippen LogP contribution in [0.1, 0.15) is 72.2 Å². The Hall–Kier alpha value is -5.97. The van der Waals surface area contributed by atoms with Crippen LogP contribution in [0.15, 0.2) is 96.4 Å². The predicted molar refractivity (Wildman–Crippen MR) is 219 cm³/mol. The van der Waals surface area contributed by atoms with E-state index >= 15 is 0 Å². The van der Waals surface area contributed by atoms with E-state index in [1.54, 1.807) is 11.1 Å². The van der Waals surface area contributed by atoms with Crippen LogP contribution in [0, 0.1) is 17.8 Å². The Morgan fingerprint density at radius 1 is 0.679 bits per heavy atom. The molecule has 0 saturated carbocycles. The van der Waals surface area contributed by atoms with Crippen LogP contribution in [0.5, 0.6) is 0 Å². The second kappa shape index (κ2) is 15.6. The van der Waals surface area contributed by atoms with E-state index in [4.69, 9.17) is 14.7 Å². The number of imidazole rings is 2. The van der Waals surface area contributed by atoms with Crippen molar-refractivity contribution in [1.82, 2.24) is 35.1 Å². The highest BCUT2D eigenvalue weighted by Gasteiger charge is 2.37. The zero-order valence-corrected chi connectivity index (χ0v) is 33.4. The Balaban J connectivity index is 1.05. The average molecular weight is 754 g/mol. The van der Waals surface area contributed by atoms with Gasteiger partial charge in [0.2, 0.25) is 11.8 Å². The Kier molecular flexibility index (Phi) is 10.7. The third-order valence-corrected chi connectivity index (χ3v) is 11.2. The van der Waals surface area contributed by atoms with Crippen LogP contribution in [0.4, 0.5) is 4.79 Å². The zero-order chi connectivity index (χ0) is 39.8. The number of ether oxygens (including phenoxy) is 1. The molecule has 3 amide bonds. The first-order valence-corrected chi connectivity index (χ1v) is 19.4. The van der Waals surface area contributed by atoms with E-state index in [-0.39, 0.29) is 41.7 Å². The molecule has 4 atom stereocenters. The summed E-state index contributed by atoms with van der Waals surface area (Å²) in [6.45, 7) is 15.1. The van der Waals surface area contributed by atoms with Gasteiger partial charge < -0.3 is 29.8 Å². The van der Waals surface area contributed by atoms with Crippen molar-refractivity contribution >= 4 is 28.7 Å². The summed E-state index contributed by atoms with van der Waals surface area (Å²) in [5, 5.41) is 4.91. The number of nitrogens with one attached hydrogen (secondary N) is 3. The van der Waals surface area contributed by atoms with Gasteiger partial charge in [0.1, 0.15) is 29.8 Å². The molecule has 0 spiro atoms. The quantitative estimate of drug-likeness (QED) is 0.122. The number of hydrogen-bond donors (Lipinski definition) is 3. The van der Waals surface area contributed by atoms with Crippen LogP contribution in [0.2, 0.25) is 0 Å². The second-order valence-electron chi connectivity index (χ2n) is 16.0. The van der Waals surface area contributed by atoms with Crippen LogP contribution in [-0.2, 0) is 14.3 Å². The molecule has 5 aromatic rings. The maximum absolute atomic E-state index is 13.7. The van der Waals surface area contributed by atoms with Crippen LogP contribution in [0.25, 0.3) is 44.4 Å². The van der Waals surface area contributed by atoms with Crippen molar-refractivity contribution < 1.29 is 19.1 Å². The number of aromatic amines is 2. The highest BCUT2D eigenvalue weighted by atomic mass is 16.5. The SMILES string of the molecule is COC(=O)N[C@H](C(=O)N1CC(C)=C[C@H]1c1ncc(-c2ccc3cc(-c4ccc(-c5cnc([C@@H]6C=C(C)CN6C(=O)[C@@H](C)C(C)C)[nH]5)cc4)ccc3c2)[nH]1)C(C)C. The summed E-state index contributed by atoms with van der Waals surface area (Å²) >= 11 is 0. The normalized spacial score (nSPS) is 18.0. The number of rotatable bonds is 10. The molecule has 7 rings (SSSR count). The minimum absolute atomic E-state index is 0.0561. The van der Waals surface area contributed by atoms with Crippen molar-refractivity contribution in [3.05, 3.63) is 108 Å². The number of carbonyl (C=O) groups is 3. The fourth-order valence-corrected chi connectivity index (χ4v) is 7.57. The molecule has 0 saturated heterocycles. The molecule has 290 valence electrons. The molecule has 0 bridgehead atoms. The minimum Gasteiger partial charge on any atom is -0.453 e. The van der Waals surface area contributed by atoms with E-state index in [9.17, 15) is 14.4 Å². The first kappa shape index (κ1) is 38.3. The second-order valence-corrected chi connectivity index (χ2v) is 16.0. The van der Waals surface area contributed by atoms with E-state index in [2.05, 4.69) is 103 Å². The number of hydrogen-bond acceptors (Lipinski definition) is 6. The molecule has 3 aromatic carbocycles. The number of fused-ring (bicyclic) bond motifs is 1. The lowest BCUT2D eigenvalue weighted by molar-refractivity contribution is -0.137. The summed E-state index contributed by atoms with van der Waals surface area (Å²) in [6.07, 6.45) is 7.20. The van der Waals surface area contributed by atoms with Gasteiger partial charge in [-0.1, -0.05) is 106 Å². The molecule has 2 aliphatic rings. The number of nitrogens with zero attached hydrogens (tertiary/aromatic N) is 4. The third kappa shape index (κ3) is 7.63. The Bertz CT molecular complexity index is 2330. The standard InChI is InChI=1S/C45H51N7O4/c1-25(2)29(7)43(53)51-23-27(5)17-38(51)41-46-21-36(48-41)31-11-9-30(10-12-31)32-13-14-34-20-35(16-15-33(34)19-32)37-22-47-42(49-37)39-18-28(6)24-52(39)44(54)40(26(3)4)50-45(55)56-8/h9-22,25-26,29,38-40H,23-24H2,1-8H3,(H,46,48)(H,47,49)(H,50,55)/t29-,38-,39-,40-/m0/s1. The van der Waals surface area contributed by atoms with Gasteiger partial charge in [0.25, 0.3) is 0 Å². The number of carbonyl (C=O) groups excluding carboxylic acids is 3. The van der Waals surface area contributed by atoms with Gasteiger partial charge in [-0.3, -0.25) is 9.59 Å². The summed E-state index contributed by atoms with van der Waals surface area (Å²) in [5.41, 5.74) is 8.22. The smallest absolute Gasteiger partial charge is 0.407 e. The molecule has 11 heteroatoms. The molecule has 2 aliphatic heterocycles. The molecule has 2 aromatic heterocycles. The first-order valence-electron chi connectivity index (χ1n) is 19.4. The lowest BCUT2D eigenvalue weighted by Crippen LogP contribution is -2.51. The largest absolute Gasteiger partial charge is 0.453 e. The number of amides is 3. The molecule has 4 heterocycles. The summed E-state index contributed by atoms with van der Waals surface area (Å²) in [5.74, 6) is 1.50. The van der Waals surface area contributed by atoms with E-state index in [0.29, 0.717) is 18.9 Å². The molecule has 0 fully saturated rings. The summed E-state index contributed by atoms with van der Waals surface area (Å²) < 4.78 is 4.78. The van der Waals surface area contributed by atoms with Gasteiger partial charge in [0, 0.05) is 24.6 Å². The maximum atomic E-state index is 13.7. The fraction of sp³-hybridized carbons (Fsp3) is 0.356. The maximum Gasteiger partial charge on any atom is 0.407 e. The zero-order valence-electron chi connectivity index (χ0n) is 33.4. The Morgan fingerprint density at radius 3 is 1.70 bits per heavy atom. The van der Waals surface area contributed by atoms with Crippen LogP contribution < -0.4 is 5.32 Å². The minimum atomic E-state index is -0.723. The fourth-order valence-electron chi connectivity index (χ4n) is 7.57. The van der Waals surface area contributed by atoms with Crippen LogP contribution in [-0.4, -0.2) is 73.9 Å².